The summed E-state index contributed by atoms with van der Waals surface area (Å²) in [5.41, 5.74) is 1.37. The van der Waals surface area contributed by atoms with E-state index in [1.807, 2.05) is 24.5 Å². The number of carbonyl (C=O) groups excluding carboxylic acids is 1. The lowest BCUT2D eigenvalue weighted by molar-refractivity contribution is -0.116. The molecule has 1 N–H and O–H groups in total. The van der Waals surface area contributed by atoms with Crippen LogP contribution in [0.5, 0.6) is 0 Å². The van der Waals surface area contributed by atoms with E-state index < -0.39 is 0 Å². The smallest absolute Gasteiger partial charge is 0.244 e. The second kappa shape index (κ2) is 7.18. The Hall–Kier alpha value is -2.94. The Bertz CT molecular complexity index is 724. The van der Waals surface area contributed by atoms with Crippen LogP contribution in [0.15, 0.2) is 36.7 Å². The molecule has 6 nitrogen and oxygen atoms in total. The van der Waals surface area contributed by atoms with Crippen molar-refractivity contribution < 1.29 is 4.79 Å². The summed E-state index contributed by atoms with van der Waals surface area (Å²) in [5.74, 6) is 0.490. The van der Waals surface area contributed by atoms with E-state index in [2.05, 4.69) is 21.6 Å². The van der Waals surface area contributed by atoms with E-state index in [0.29, 0.717) is 17.9 Å². The van der Waals surface area contributed by atoms with Gasteiger partial charge in [0.15, 0.2) is 5.82 Å². The average Bonchev–Trinajstić information content (AvgIpc) is 3.00. The van der Waals surface area contributed by atoms with Crippen LogP contribution in [0, 0.1) is 11.3 Å². The first-order chi connectivity index (χ1) is 10.6. The molecule has 0 fully saturated rings. The Labute approximate surface area is 129 Å². The third kappa shape index (κ3) is 4.03. The lowest BCUT2D eigenvalue weighted by Gasteiger charge is -2.09. The first-order valence-electron chi connectivity index (χ1n) is 6.94. The largest absolute Gasteiger partial charge is 0.345 e. The van der Waals surface area contributed by atoms with E-state index >= 15 is 0 Å². The molecule has 1 aromatic carbocycles. The summed E-state index contributed by atoms with van der Waals surface area (Å²) in [6, 6.07) is 9.36. The van der Waals surface area contributed by atoms with Crippen molar-refractivity contribution in [3.63, 3.8) is 0 Å². The molecule has 1 heterocycles. The van der Waals surface area contributed by atoms with Gasteiger partial charge in [0.05, 0.1) is 18.2 Å². The number of hydrogen-bond donors (Lipinski definition) is 1. The average molecular weight is 295 g/mol. The Balaban J connectivity index is 1.94. The van der Waals surface area contributed by atoms with Gasteiger partial charge in [-0.25, -0.2) is 0 Å². The van der Waals surface area contributed by atoms with Crippen LogP contribution in [-0.2, 0) is 11.3 Å². The molecule has 22 heavy (non-hydrogen) atoms. The number of aromatic nitrogens is 3. The van der Waals surface area contributed by atoms with Crippen LogP contribution in [0.2, 0.25) is 0 Å². The second-order valence-electron chi connectivity index (χ2n) is 5.04. The Morgan fingerprint density at radius 2 is 2.32 bits per heavy atom. The summed E-state index contributed by atoms with van der Waals surface area (Å²) in [7, 11) is 0. The van der Waals surface area contributed by atoms with Crippen molar-refractivity contribution in [3.05, 3.63) is 53.6 Å². The summed E-state index contributed by atoms with van der Waals surface area (Å²) in [6.45, 7) is 4.37. The number of amides is 1. The van der Waals surface area contributed by atoms with Crippen LogP contribution in [0.4, 0.5) is 0 Å². The highest BCUT2D eigenvalue weighted by Gasteiger charge is 2.07. The molecule has 1 aromatic heterocycles. The fraction of sp³-hybridized carbons (Fsp3) is 0.250. The monoisotopic (exact) mass is 295 g/mol. The maximum absolute atomic E-state index is 11.8. The molecular formula is C16H17N5O. The Morgan fingerprint density at radius 3 is 3.05 bits per heavy atom. The van der Waals surface area contributed by atoms with Crippen LogP contribution >= 0.6 is 0 Å². The molecule has 2 rings (SSSR count). The maximum Gasteiger partial charge on any atom is 0.244 e. The van der Waals surface area contributed by atoms with Gasteiger partial charge in [0.1, 0.15) is 6.33 Å². The first kappa shape index (κ1) is 15.4. The predicted molar refractivity (Wildman–Crippen MR) is 82.4 cm³/mol. The normalized spacial score (nSPS) is 10.8. The highest BCUT2D eigenvalue weighted by molar-refractivity contribution is 5.91. The molecule has 0 atom stereocenters. The Morgan fingerprint density at radius 1 is 1.50 bits per heavy atom. The number of benzene rings is 1. The van der Waals surface area contributed by atoms with Crippen LogP contribution in [-0.4, -0.2) is 20.7 Å². The zero-order chi connectivity index (χ0) is 15.9. The summed E-state index contributed by atoms with van der Waals surface area (Å²) in [5, 5.41) is 19.4. The van der Waals surface area contributed by atoms with E-state index in [1.54, 1.807) is 30.6 Å². The molecule has 1 amide bonds. The van der Waals surface area contributed by atoms with E-state index in [-0.39, 0.29) is 11.9 Å². The fourth-order valence-electron chi connectivity index (χ4n) is 1.93. The quantitative estimate of drug-likeness (QED) is 0.856. The van der Waals surface area contributed by atoms with Crippen LogP contribution in [0.25, 0.3) is 6.08 Å². The van der Waals surface area contributed by atoms with Gasteiger partial charge in [-0.2, -0.15) is 5.26 Å². The molecule has 0 aliphatic heterocycles. The van der Waals surface area contributed by atoms with Crippen LogP contribution in [0.1, 0.15) is 36.8 Å². The van der Waals surface area contributed by atoms with Crippen molar-refractivity contribution in [1.29, 1.82) is 5.26 Å². The highest BCUT2D eigenvalue weighted by Crippen LogP contribution is 2.07. The molecule has 0 aliphatic rings. The number of rotatable bonds is 5. The molecule has 6 heteroatoms. The van der Waals surface area contributed by atoms with Gasteiger partial charge in [0.25, 0.3) is 0 Å². The third-order valence-corrected chi connectivity index (χ3v) is 3.07. The van der Waals surface area contributed by atoms with Gasteiger partial charge in [-0.15, -0.1) is 10.2 Å². The second-order valence-corrected chi connectivity index (χ2v) is 5.04. The topological polar surface area (TPSA) is 83.6 Å². The zero-order valence-electron chi connectivity index (χ0n) is 12.5. The van der Waals surface area contributed by atoms with Gasteiger partial charge >= 0.3 is 0 Å². The number of carbonyl (C=O) groups is 1. The van der Waals surface area contributed by atoms with Gasteiger partial charge in [-0.3, -0.25) is 4.79 Å². The van der Waals surface area contributed by atoms with Crippen molar-refractivity contribution in [1.82, 2.24) is 20.1 Å². The van der Waals surface area contributed by atoms with Gasteiger partial charge in [-0.05, 0) is 37.6 Å². The molecule has 2 aromatic rings. The van der Waals surface area contributed by atoms with Crippen LogP contribution in [0.3, 0.4) is 0 Å². The molecule has 0 aliphatic carbocycles. The molecule has 112 valence electrons. The SMILES string of the molecule is CC(C)n1cnnc1CNC(=O)/C=C\c1cccc(C#N)c1. The summed E-state index contributed by atoms with van der Waals surface area (Å²) in [6.07, 6.45) is 4.76. The van der Waals surface area contributed by atoms with Crippen molar-refractivity contribution >= 4 is 12.0 Å². The lowest BCUT2D eigenvalue weighted by atomic mass is 10.1. The molecule has 0 saturated heterocycles. The Kier molecular flexibility index (Phi) is 5.04. The van der Waals surface area contributed by atoms with Crippen molar-refractivity contribution in [3.8, 4) is 6.07 Å². The van der Waals surface area contributed by atoms with E-state index in [9.17, 15) is 4.79 Å². The summed E-state index contributed by atoms with van der Waals surface area (Å²) >= 11 is 0. The molecule has 0 bridgehead atoms. The number of nitrogens with zero attached hydrogens (tertiary/aromatic N) is 4. The van der Waals surface area contributed by atoms with Crippen molar-refractivity contribution in [2.24, 2.45) is 0 Å². The molecule has 0 spiro atoms. The van der Waals surface area contributed by atoms with E-state index in [4.69, 9.17) is 5.26 Å². The minimum absolute atomic E-state index is 0.222. The predicted octanol–water partition coefficient (Wildman–Crippen LogP) is 2.06. The maximum atomic E-state index is 11.8. The van der Waals surface area contributed by atoms with Gasteiger partial charge in [0, 0.05) is 12.1 Å². The van der Waals surface area contributed by atoms with Crippen molar-refractivity contribution in [2.75, 3.05) is 0 Å². The number of nitriles is 1. The molecule has 0 saturated carbocycles. The van der Waals surface area contributed by atoms with Gasteiger partial charge in [-0.1, -0.05) is 12.1 Å². The summed E-state index contributed by atoms with van der Waals surface area (Å²) < 4.78 is 1.90. The number of hydrogen-bond acceptors (Lipinski definition) is 4. The third-order valence-electron chi connectivity index (χ3n) is 3.07. The minimum atomic E-state index is -0.222. The summed E-state index contributed by atoms with van der Waals surface area (Å²) in [4.78, 5) is 11.8. The molecular weight excluding hydrogens is 278 g/mol. The first-order valence-corrected chi connectivity index (χ1v) is 6.94. The minimum Gasteiger partial charge on any atom is -0.345 e. The standard InChI is InChI=1S/C16H17N5O/c1-12(2)21-11-19-20-15(21)10-18-16(22)7-6-13-4-3-5-14(8-13)9-17/h3-8,11-12H,10H2,1-2H3,(H,18,22)/b7-6-. The van der Waals surface area contributed by atoms with Gasteiger partial charge < -0.3 is 9.88 Å². The van der Waals surface area contributed by atoms with Crippen molar-refractivity contribution in [2.45, 2.75) is 26.4 Å². The highest BCUT2D eigenvalue weighted by atomic mass is 16.1. The van der Waals surface area contributed by atoms with E-state index in [1.165, 1.54) is 6.08 Å². The van der Waals surface area contributed by atoms with Gasteiger partial charge in [0.2, 0.25) is 5.91 Å². The molecule has 0 unspecified atom stereocenters. The number of nitrogens with one attached hydrogen (secondary N) is 1. The lowest BCUT2D eigenvalue weighted by Crippen LogP contribution is -2.23. The zero-order valence-corrected chi connectivity index (χ0v) is 12.5. The van der Waals surface area contributed by atoms with Crippen LogP contribution < -0.4 is 5.32 Å². The fourth-order valence-corrected chi connectivity index (χ4v) is 1.93. The van der Waals surface area contributed by atoms with E-state index in [0.717, 1.165) is 5.56 Å². The molecule has 0 radical (unpaired) electrons.